The quantitative estimate of drug-likeness (QED) is 0.702. The van der Waals surface area contributed by atoms with Gasteiger partial charge in [0.2, 0.25) is 0 Å². The maximum Gasteiger partial charge on any atom is 0.163 e. The molecule has 0 unspecified atom stereocenters. The highest BCUT2D eigenvalue weighted by Crippen LogP contribution is 2.46. The lowest BCUT2D eigenvalue weighted by atomic mass is 9.72. The van der Waals surface area contributed by atoms with Crippen LogP contribution >= 0.6 is 0 Å². The van der Waals surface area contributed by atoms with E-state index in [4.69, 9.17) is 0 Å². The van der Waals surface area contributed by atoms with Crippen LogP contribution in [0.1, 0.15) is 73.7 Å². The zero-order valence-corrected chi connectivity index (χ0v) is 12.7. The molecule has 112 valence electrons. The molecule has 21 heavy (non-hydrogen) atoms. The molecular formula is C19H24O2. The number of carbonyl (C=O) groups excluding carboxylic acids is 2. The van der Waals surface area contributed by atoms with Crippen LogP contribution in [0, 0.1) is 5.41 Å². The predicted molar refractivity (Wildman–Crippen MR) is 83.5 cm³/mol. The highest BCUT2D eigenvalue weighted by Gasteiger charge is 2.41. The van der Waals surface area contributed by atoms with Gasteiger partial charge in [0.1, 0.15) is 5.78 Å². The first-order chi connectivity index (χ1) is 10.2. The van der Waals surface area contributed by atoms with Crippen molar-refractivity contribution in [3.05, 3.63) is 35.4 Å². The first-order valence-corrected chi connectivity index (χ1v) is 8.36. The van der Waals surface area contributed by atoms with Gasteiger partial charge >= 0.3 is 0 Å². The zero-order valence-electron chi connectivity index (χ0n) is 12.7. The molecule has 4 rings (SSSR count). The largest absolute Gasteiger partial charge is 0.299 e. The lowest BCUT2D eigenvalue weighted by Gasteiger charge is -2.31. The van der Waals surface area contributed by atoms with Gasteiger partial charge in [-0.1, -0.05) is 43.5 Å². The summed E-state index contributed by atoms with van der Waals surface area (Å²) in [4.78, 5) is 22.6. The van der Waals surface area contributed by atoms with Crippen LogP contribution < -0.4 is 0 Å². The summed E-state index contributed by atoms with van der Waals surface area (Å²) >= 11 is 0. The summed E-state index contributed by atoms with van der Waals surface area (Å²) in [7, 11) is 0. The van der Waals surface area contributed by atoms with Crippen molar-refractivity contribution in [1.82, 2.24) is 0 Å². The molecule has 1 aromatic carbocycles. The standard InChI is InChI=1S/C10H16O.C9H8O/c11-9-5-4-8-10(9)6-2-1-3-7-10;10-9-6-5-7-3-1-2-4-8(7)9/h1-8H2;1-4H,5-6H2. The molecule has 2 saturated carbocycles. The second kappa shape index (κ2) is 6.13. The van der Waals surface area contributed by atoms with Crippen LogP contribution in [0.2, 0.25) is 0 Å². The Bertz CT molecular complexity index is 538. The molecule has 3 aliphatic rings. The fourth-order valence-corrected chi connectivity index (χ4v) is 4.14. The normalized spacial score (nSPS) is 22.9. The summed E-state index contributed by atoms with van der Waals surface area (Å²) in [5.74, 6) is 0.882. The van der Waals surface area contributed by atoms with Gasteiger partial charge in [-0.05, 0) is 37.7 Å². The van der Waals surface area contributed by atoms with Crippen LogP contribution in [0.25, 0.3) is 0 Å². The number of carbonyl (C=O) groups is 2. The Hall–Kier alpha value is -1.44. The Morgan fingerprint density at radius 3 is 2.14 bits per heavy atom. The van der Waals surface area contributed by atoms with E-state index in [1.54, 1.807) is 0 Å². The Kier molecular flexibility index (Phi) is 4.23. The molecule has 0 bridgehead atoms. The summed E-state index contributed by atoms with van der Waals surface area (Å²) < 4.78 is 0. The van der Waals surface area contributed by atoms with E-state index in [0.717, 1.165) is 18.4 Å². The van der Waals surface area contributed by atoms with Gasteiger partial charge in [-0.15, -0.1) is 0 Å². The third-order valence-corrected chi connectivity index (χ3v) is 5.40. The second-order valence-electron chi connectivity index (χ2n) is 6.70. The van der Waals surface area contributed by atoms with Crippen LogP contribution in [0.5, 0.6) is 0 Å². The van der Waals surface area contributed by atoms with Gasteiger partial charge in [0.15, 0.2) is 5.78 Å². The maximum atomic E-state index is 11.6. The molecule has 2 fully saturated rings. The van der Waals surface area contributed by atoms with E-state index in [9.17, 15) is 9.59 Å². The van der Waals surface area contributed by atoms with Crippen LogP contribution in [-0.2, 0) is 11.2 Å². The van der Waals surface area contributed by atoms with Crippen molar-refractivity contribution >= 4 is 11.6 Å². The van der Waals surface area contributed by atoms with E-state index in [1.165, 1.54) is 50.5 Å². The molecule has 0 radical (unpaired) electrons. The number of hydrogen-bond donors (Lipinski definition) is 0. The summed E-state index contributed by atoms with van der Waals surface area (Å²) in [5, 5.41) is 0. The minimum absolute atomic E-state index is 0.193. The molecule has 2 nitrogen and oxygen atoms in total. The van der Waals surface area contributed by atoms with Gasteiger partial charge in [0.25, 0.3) is 0 Å². The summed E-state index contributed by atoms with van der Waals surface area (Å²) in [6, 6.07) is 7.84. The Balaban J connectivity index is 0.000000126. The SMILES string of the molecule is O=C1CCCC12CCCCC2.O=C1CCc2ccccc21. The van der Waals surface area contributed by atoms with Crippen molar-refractivity contribution in [3.63, 3.8) is 0 Å². The molecule has 0 aliphatic heterocycles. The average molecular weight is 284 g/mol. The van der Waals surface area contributed by atoms with Crippen LogP contribution in [0.15, 0.2) is 24.3 Å². The molecule has 0 aromatic heterocycles. The van der Waals surface area contributed by atoms with E-state index in [2.05, 4.69) is 0 Å². The average Bonchev–Trinajstić information content (AvgIpc) is 3.06. The minimum atomic E-state index is 0.193. The highest BCUT2D eigenvalue weighted by molar-refractivity contribution is 6.00. The molecule has 1 aromatic rings. The Labute approximate surface area is 126 Å². The molecule has 0 heterocycles. The van der Waals surface area contributed by atoms with Gasteiger partial charge in [0.05, 0.1) is 0 Å². The van der Waals surface area contributed by atoms with Crippen LogP contribution in [-0.4, -0.2) is 11.6 Å². The lowest BCUT2D eigenvalue weighted by Crippen LogP contribution is -2.28. The summed E-state index contributed by atoms with van der Waals surface area (Å²) in [5.41, 5.74) is 2.34. The minimum Gasteiger partial charge on any atom is -0.299 e. The van der Waals surface area contributed by atoms with Crippen molar-refractivity contribution < 1.29 is 9.59 Å². The van der Waals surface area contributed by atoms with E-state index in [0.29, 0.717) is 18.0 Å². The molecular weight excluding hydrogens is 260 g/mol. The van der Waals surface area contributed by atoms with Crippen LogP contribution in [0.3, 0.4) is 0 Å². The molecule has 0 N–H and O–H groups in total. The molecule has 3 aliphatic carbocycles. The van der Waals surface area contributed by atoms with Crippen molar-refractivity contribution in [2.75, 3.05) is 0 Å². The summed E-state index contributed by atoms with van der Waals surface area (Å²) in [6.07, 6.45) is 11.2. The molecule has 1 spiro atoms. The van der Waals surface area contributed by atoms with Crippen molar-refractivity contribution in [3.8, 4) is 0 Å². The number of rotatable bonds is 0. The van der Waals surface area contributed by atoms with Gasteiger partial charge in [0, 0.05) is 23.8 Å². The third-order valence-electron chi connectivity index (χ3n) is 5.40. The van der Waals surface area contributed by atoms with E-state index in [1.807, 2.05) is 24.3 Å². The number of aryl methyl sites for hydroxylation is 1. The molecule has 0 amide bonds. The van der Waals surface area contributed by atoms with Crippen molar-refractivity contribution in [2.24, 2.45) is 5.41 Å². The Morgan fingerprint density at radius 1 is 0.762 bits per heavy atom. The van der Waals surface area contributed by atoms with Gasteiger partial charge < -0.3 is 0 Å². The van der Waals surface area contributed by atoms with Crippen molar-refractivity contribution in [1.29, 1.82) is 0 Å². The van der Waals surface area contributed by atoms with E-state index >= 15 is 0 Å². The third kappa shape index (κ3) is 2.95. The maximum absolute atomic E-state index is 11.6. The topological polar surface area (TPSA) is 34.1 Å². The second-order valence-corrected chi connectivity index (χ2v) is 6.70. The predicted octanol–water partition coefficient (Wildman–Crippen LogP) is 4.51. The van der Waals surface area contributed by atoms with Crippen LogP contribution in [0.4, 0.5) is 0 Å². The Morgan fingerprint density at radius 2 is 1.48 bits per heavy atom. The molecule has 2 heteroatoms. The number of Topliss-reactive ketones (excluding diaryl/α,β-unsaturated/α-hetero) is 2. The van der Waals surface area contributed by atoms with Gasteiger partial charge in [-0.3, -0.25) is 9.59 Å². The lowest BCUT2D eigenvalue weighted by molar-refractivity contribution is -0.127. The number of hydrogen-bond acceptors (Lipinski definition) is 2. The van der Waals surface area contributed by atoms with Gasteiger partial charge in [-0.25, -0.2) is 0 Å². The summed E-state index contributed by atoms with van der Waals surface area (Å²) in [6.45, 7) is 0. The molecule has 0 atom stereocenters. The fraction of sp³-hybridized carbons (Fsp3) is 0.579. The molecule has 0 saturated heterocycles. The zero-order chi connectivity index (χ0) is 14.7. The number of fused-ring (bicyclic) bond motifs is 1. The first-order valence-electron chi connectivity index (χ1n) is 8.36. The fourth-order valence-electron chi connectivity index (χ4n) is 4.14. The smallest absolute Gasteiger partial charge is 0.163 e. The number of ketones is 2. The van der Waals surface area contributed by atoms with Gasteiger partial charge in [-0.2, -0.15) is 0 Å². The van der Waals surface area contributed by atoms with Crippen molar-refractivity contribution in [2.45, 2.75) is 64.2 Å². The monoisotopic (exact) mass is 284 g/mol. The number of benzene rings is 1. The first kappa shape index (κ1) is 14.5. The highest BCUT2D eigenvalue weighted by atomic mass is 16.1. The van der Waals surface area contributed by atoms with E-state index < -0.39 is 0 Å². The van der Waals surface area contributed by atoms with E-state index in [-0.39, 0.29) is 5.41 Å².